The van der Waals surface area contributed by atoms with Gasteiger partial charge in [-0.3, -0.25) is 4.79 Å². The van der Waals surface area contributed by atoms with Gasteiger partial charge < -0.3 is 29.2 Å². The van der Waals surface area contributed by atoms with Crippen molar-refractivity contribution in [2.75, 3.05) is 0 Å². The summed E-state index contributed by atoms with van der Waals surface area (Å²) in [5, 5.41) is 0. The minimum absolute atomic E-state index is 0.195. The highest BCUT2D eigenvalue weighted by molar-refractivity contribution is 6.27. The Hall–Kier alpha value is -4.27. The number of ketones is 1. The van der Waals surface area contributed by atoms with E-state index in [0.717, 1.165) is 28.5 Å². The average Bonchev–Trinajstić information content (AvgIpc) is 3.06. The van der Waals surface area contributed by atoms with Crippen LogP contribution in [0.15, 0.2) is 121 Å². The summed E-state index contributed by atoms with van der Waals surface area (Å²) >= 11 is 0. The average molecular weight is 579 g/mol. The van der Waals surface area contributed by atoms with Crippen LogP contribution in [-0.2, 0) is 54.9 Å². The summed E-state index contributed by atoms with van der Waals surface area (Å²) in [6, 6.07) is 38.8. The zero-order chi connectivity index (χ0) is 29.7. The van der Waals surface area contributed by atoms with Crippen LogP contribution in [0.4, 0.5) is 0 Å². The number of rotatable bonds is 14. The van der Waals surface area contributed by atoms with E-state index >= 15 is 0 Å². The molecule has 5 atom stereocenters. The van der Waals surface area contributed by atoms with Gasteiger partial charge in [-0.15, -0.1) is 0 Å². The molecule has 4 aromatic rings. The Morgan fingerprint density at radius 2 is 0.953 bits per heavy atom. The van der Waals surface area contributed by atoms with Crippen molar-refractivity contribution in [2.24, 2.45) is 0 Å². The normalized spacial score (nSPS) is 21.5. The Morgan fingerprint density at radius 3 is 1.37 bits per heavy atom. The molecule has 5 rings (SSSR count). The zero-order valence-electron chi connectivity index (χ0n) is 23.7. The molecule has 0 N–H and O–H groups in total. The van der Waals surface area contributed by atoms with Crippen molar-refractivity contribution >= 4 is 12.0 Å². The molecule has 0 spiro atoms. The molecule has 8 heteroatoms. The molecule has 0 aliphatic carbocycles. The minimum atomic E-state index is -1.18. The molecule has 1 aliphatic rings. The van der Waals surface area contributed by atoms with Crippen LogP contribution >= 0.6 is 0 Å². The van der Waals surface area contributed by atoms with Crippen LogP contribution in [0, 0.1) is 0 Å². The number of benzene rings is 4. The molecule has 0 unspecified atom stereocenters. The lowest BCUT2D eigenvalue weighted by molar-refractivity contribution is -0.318. The first kappa shape index (κ1) is 30.2. The van der Waals surface area contributed by atoms with Gasteiger partial charge in [0.15, 0.2) is 12.4 Å². The number of ether oxygens (including phenoxy) is 5. The predicted octanol–water partition coefficient (Wildman–Crippen LogP) is 5.55. The number of nitrogens with zero attached hydrogens (tertiary/aromatic N) is 2. The lowest BCUT2D eigenvalue weighted by atomic mass is 9.95. The van der Waals surface area contributed by atoms with Crippen LogP contribution in [-0.4, -0.2) is 47.5 Å². The first-order chi connectivity index (χ1) is 21.2. The van der Waals surface area contributed by atoms with Crippen LogP contribution in [0.2, 0.25) is 0 Å². The van der Waals surface area contributed by atoms with Gasteiger partial charge in [0, 0.05) is 0 Å². The van der Waals surface area contributed by atoms with Gasteiger partial charge in [0.05, 0.1) is 26.4 Å². The van der Waals surface area contributed by atoms with E-state index < -0.39 is 36.5 Å². The second kappa shape index (κ2) is 15.8. The minimum Gasteiger partial charge on any atom is -0.368 e. The maximum atomic E-state index is 13.3. The van der Waals surface area contributed by atoms with E-state index in [0.29, 0.717) is 0 Å². The summed E-state index contributed by atoms with van der Waals surface area (Å²) in [4.78, 5) is 16.3. The fourth-order valence-electron chi connectivity index (χ4n) is 4.90. The van der Waals surface area contributed by atoms with Gasteiger partial charge in [0.2, 0.25) is 0 Å². The summed E-state index contributed by atoms with van der Waals surface area (Å²) in [7, 11) is 0. The van der Waals surface area contributed by atoms with Gasteiger partial charge in [-0.25, -0.2) is 0 Å². The first-order valence-corrected chi connectivity index (χ1v) is 14.2. The molecule has 0 amide bonds. The Morgan fingerprint density at radius 1 is 0.581 bits per heavy atom. The Balaban J connectivity index is 1.48. The molecule has 4 aromatic carbocycles. The van der Waals surface area contributed by atoms with Crippen molar-refractivity contribution in [1.29, 1.82) is 0 Å². The summed E-state index contributed by atoms with van der Waals surface area (Å²) in [5.74, 6) is -0.580. The van der Waals surface area contributed by atoms with Gasteiger partial charge in [0.1, 0.15) is 18.3 Å². The molecule has 1 fully saturated rings. The smallest absolute Gasteiger partial charge is 0.326 e. The second-order valence-corrected chi connectivity index (χ2v) is 10.2. The molecule has 1 aliphatic heterocycles. The van der Waals surface area contributed by atoms with Gasteiger partial charge in [-0.1, -0.05) is 121 Å². The van der Waals surface area contributed by atoms with E-state index in [1.165, 1.54) is 0 Å². The SMILES string of the molecule is [N-]=[N+]=CC(=O)[C@H]1O[C@H](OCc2ccccc2)[C@@H](OCc2ccccc2)[C@@H](OCc2ccccc2)[C@@H]1OCc1ccccc1. The molecule has 0 bridgehead atoms. The third-order valence-electron chi connectivity index (χ3n) is 7.07. The van der Waals surface area contributed by atoms with Crippen LogP contribution in [0.25, 0.3) is 5.53 Å². The number of Topliss-reactive ketones (excluding diaryl/α,β-unsaturated/α-hetero) is 1. The van der Waals surface area contributed by atoms with E-state index in [1.54, 1.807) is 0 Å². The van der Waals surface area contributed by atoms with E-state index in [1.807, 2.05) is 121 Å². The van der Waals surface area contributed by atoms with Gasteiger partial charge in [-0.05, 0) is 22.3 Å². The topological polar surface area (TPSA) is 99.6 Å². The maximum absolute atomic E-state index is 13.3. The molecule has 8 nitrogen and oxygen atoms in total. The van der Waals surface area contributed by atoms with Crippen LogP contribution in [0.5, 0.6) is 0 Å². The zero-order valence-corrected chi connectivity index (χ0v) is 23.7. The number of carbonyl (C=O) groups excluding carboxylic acids is 1. The highest BCUT2D eigenvalue weighted by Crippen LogP contribution is 2.32. The summed E-state index contributed by atoms with van der Waals surface area (Å²) < 4.78 is 32.0. The van der Waals surface area contributed by atoms with Crippen molar-refractivity contribution in [3.05, 3.63) is 149 Å². The predicted molar refractivity (Wildman–Crippen MR) is 160 cm³/mol. The number of hydrogen-bond acceptors (Lipinski definition) is 6. The standard InChI is InChI=1S/C35H34N2O6/c36-37-21-30(38)31-32(39-22-26-13-5-1-6-14-26)33(40-23-27-15-7-2-8-16-27)34(41-24-28-17-9-3-10-18-28)35(43-31)42-25-29-19-11-4-12-20-29/h1-21,31-35H,22-25H2/t31-,32-,33+,34+,35+/m1/s1. The van der Waals surface area contributed by atoms with Gasteiger partial charge >= 0.3 is 6.21 Å². The van der Waals surface area contributed by atoms with E-state index in [4.69, 9.17) is 23.7 Å². The Kier molecular flexibility index (Phi) is 11.1. The van der Waals surface area contributed by atoms with E-state index in [9.17, 15) is 10.3 Å². The second-order valence-electron chi connectivity index (χ2n) is 10.2. The molecule has 0 aromatic heterocycles. The molecule has 43 heavy (non-hydrogen) atoms. The largest absolute Gasteiger partial charge is 0.368 e. The third kappa shape index (κ3) is 8.63. The third-order valence-corrected chi connectivity index (χ3v) is 7.07. The quantitative estimate of drug-likeness (QED) is 0.110. The highest BCUT2D eigenvalue weighted by atomic mass is 16.7. The summed E-state index contributed by atoms with van der Waals surface area (Å²) in [6.07, 6.45) is -3.84. The van der Waals surface area contributed by atoms with E-state index in [2.05, 4.69) is 4.79 Å². The summed E-state index contributed by atoms with van der Waals surface area (Å²) in [6.45, 7) is 0.906. The van der Waals surface area contributed by atoms with Crippen molar-refractivity contribution in [2.45, 2.75) is 57.1 Å². The summed E-state index contributed by atoms with van der Waals surface area (Å²) in [5.41, 5.74) is 13.0. The van der Waals surface area contributed by atoms with Crippen molar-refractivity contribution in [3.8, 4) is 0 Å². The lowest BCUT2D eigenvalue weighted by Gasteiger charge is -2.44. The number of carbonyl (C=O) groups is 1. The van der Waals surface area contributed by atoms with Crippen LogP contribution in [0.1, 0.15) is 22.3 Å². The first-order valence-electron chi connectivity index (χ1n) is 14.2. The number of hydrogen-bond donors (Lipinski definition) is 0. The van der Waals surface area contributed by atoms with Crippen molar-refractivity contribution in [3.63, 3.8) is 0 Å². The Labute approximate surface area is 251 Å². The molecule has 220 valence electrons. The van der Waals surface area contributed by atoms with Gasteiger partial charge in [0.25, 0.3) is 5.78 Å². The van der Waals surface area contributed by atoms with Crippen LogP contribution < -0.4 is 0 Å². The molecular formula is C35H34N2O6. The molecule has 1 saturated heterocycles. The lowest BCUT2D eigenvalue weighted by Crippen LogP contribution is -2.62. The fourth-order valence-corrected chi connectivity index (χ4v) is 4.90. The fraction of sp³-hybridized carbons (Fsp3) is 0.257. The monoisotopic (exact) mass is 578 g/mol. The molecule has 1 heterocycles. The highest BCUT2D eigenvalue weighted by Gasteiger charge is 2.52. The molecule has 0 saturated carbocycles. The van der Waals surface area contributed by atoms with E-state index in [-0.39, 0.29) is 26.4 Å². The van der Waals surface area contributed by atoms with Crippen molar-refractivity contribution < 1.29 is 33.3 Å². The maximum Gasteiger partial charge on any atom is 0.326 e. The van der Waals surface area contributed by atoms with Gasteiger partial charge in [-0.2, -0.15) is 4.79 Å². The van der Waals surface area contributed by atoms with Crippen molar-refractivity contribution in [1.82, 2.24) is 0 Å². The molecular weight excluding hydrogens is 544 g/mol. The van der Waals surface area contributed by atoms with Crippen LogP contribution in [0.3, 0.4) is 0 Å². The molecule has 0 radical (unpaired) electrons. The Bertz CT molecular complexity index is 1450.